The third kappa shape index (κ3) is 6.50. The van der Waals surface area contributed by atoms with E-state index < -0.39 is 17.6 Å². The van der Waals surface area contributed by atoms with Crippen LogP contribution in [0.4, 0.5) is 24.7 Å². The van der Waals surface area contributed by atoms with Crippen LogP contribution in [0, 0.1) is 17.2 Å². The van der Waals surface area contributed by atoms with Crippen LogP contribution in [0.5, 0.6) is 0 Å². The molecule has 6 rings (SSSR count). The Bertz CT molecular complexity index is 1810. The van der Waals surface area contributed by atoms with Gasteiger partial charge in [-0.1, -0.05) is 18.2 Å². The van der Waals surface area contributed by atoms with Gasteiger partial charge in [0.25, 0.3) is 11.8 Å². The number of fused-ring (bicyclic) bond motifs is 1. The van der Waals surface area contributed by atoms with Crippen LogP contribution in [-0.2, 0) is 11.0 Å². The van der Waals surface area contributed by atoms with Crippen molar-refractivity contribution in [1.82, 2.24) is 25.1 Å². The zero-order valence-electron chi connectivity index (χ0n) is 24.0. The maximum atomic E-state index is 12.9. The number of nitriles is 1. The molecule has 2 aliphatic carbocycles. The molecule has 230 valence electrons. The van der Waals surface area contributed by atoms with Crippen molar-refractivity contribution in [2.24, 2.45) is 5.92 Å². The summed E-state index contributed by atoms with van der Waals surface area (Å²) in [5, 5.41) is 20.6. The highest BCUT2D eigenvalue weighted by Gasteiger charge is 2.31. The van der Waals surface area contributed by atoms with Crippen LogP contribution in [0.15, 0.2) is 66.5 Å². The molecule has 4 N–H and O–H groups in total. The van der Waals surface area contributed by atoms with Gasteiger partial charge in [-0.3, -0.25) is 9.59 Å². The number of halogens is 3. The first-order valence-electron chi connectivity index (χ1n) is 14.6. The molecular formula is C32H29F3N8O2. The van der Waals surface area contributed by atoms with Crippen LogP contribution < -0.4 is 16.4 Å². The minimum atomic E-state index is -4.48. The molecule has 0 unspecified atom stereocenters. The largest absolute Gasteiger partial charge is 0.416 e. The van der Waals surface area contributed by atoms with Crippen LogP contribution in [-0.4, -0.2) is 37.6 Å². The molecule has 2 aromatic carbocycles. The summed E-state index contributed by atoms with van der Waals surface area (Å²) in [7, 11) is 0. The Morgan fingerprint density at radius 1 is 0.978 bits per heavy atom. The maximum absolute atomic E-state index is 12.9. The third-order valence-corrected chi connectivity index (χ3v) is 8.18. The van der Waals surface area contributed by atoms with Crippen molar-refractivity contribution >= 4 is 34.4 Å². The van der Waals surface area contributed by atoms with Crippen LogP contribution in [0.3, 0.4) is 0 Å². The van der Waals surface area contributed by atoms with E-state index in [2.05, 4.69) is 20.6 Å². The lowest BCUT2D eigenvalue weighted by atomic mass is 9.91. The molecule has 2 aliphatic rings. The molecule has 2 fully saturated rings. The first-order valence-corrected chi connectivity index (χ1v) is 14.6. The zero-order chi connectivity index (χ0) is 31.7. The van der Waals surface area contributed by atoms with Crippen molar-refractivity contribution in [2.45, 2.75) is 56.8 Å². The molecule has 2 heterocycles. The quantitative estimate of drug-likeness (QED) is 0.176. The van der Waals surface area contributed by atoms with Gasteiger partial charge in [0.15, 0.2) is 5.65 Å². The summed E-state index contributed by atoms with van der Waals surface area (Å²) in [5.41, 5.74) is 8.04. The first-order chi connectivity index (χ1) is 21.6. The smallest absolute Gasteiger partial charge is 0.383 e. The minimum Gasteiger partial charge on any atom is -0.383 e. The molecule has 2 amide bonds. The molecule has 4 aromatic rings. The van der Waals surface area contributed by atoms with Gasteiger partial charge < -0.3 is 16.4 Å². The number of allylic oxidation sites excluding steroid dienone is 1. The van der Waals surface area contributed by atoms with Crippen molar-refractivity contribution in [3.05, 3.63) is 77.6 Å². The number of rotatable bonds is 7. The van der Waals surface area contributed by atoms with Crippen LogP contribution in [0.25, 0.3) is 22.3 Å². The van der Waals surface area contributed by atoms with E-state index >= 15 is 0 Å². The predicted molar refractivity (Wildman–Crippen MR) is 160 cm³/mol. The Kier molecular flexibility index (Phi) is 7.97. The first kappa shape index (κ1) is 29.8. The number of hydrogen-bond donors (Lipinski definition) is 3. The summed E-state index contributed by atoms with van der Waals surface area (Å²) >= 11 is 0. The predicted octanol–water partition coefficient (Wildman–Crippen LogP) is 5.81. The highest BCUT2D eigenvalue weighted by Crippen LogP contribution is 2.37. The third-order valence-electron chi connectivity index (χ3n) is 8.18. The average molecular weight is 615 g/mol. The van der Waals surface area contributed by atoms with Crippen LogP contribution in [0.2, 0.25) is 0 Å². The average Bonchev–Trinajstić information content (AvgIpc) is 3.77. The molecule has 0 radical (unpaired) electrons. The number of hydrogen-bond acceptors (Lipinski definition) is 7. The Balaban J connectivity index is 1.16. The lowest BCUT2D eigenvalue weighted by Gasteiger charge is -2.29. The Morgan fingerprint density at radius 2 is 1.67 bits per heavy atom. The van der Waals surface area contributed by atoms with Gasteiger partial charge in [-0.25, -0.2) is 14.6 Å². The number of nitrogens with one attached hydrogen (secondary N) is 2. The number of alkyl halides is 3. The number of nitrogens with zero attached hydrogens (tertiary/aromatic N) is 5. The summed E-state index contributed by atoms with van der Waals surface area (Å²) in [6, 6.07) is 12.8. The molecule has 0 atom stereocenters. The molecule has 13 heteroatoms. The van der Waals surface area contributed by atoms with Crippen LogP contribution in [0.1, 0.15) is 60.5 Å². The Labute approximate surface area is 256 Å². The number of nitrogens with two attached hydrogens (primary N) is 1. The fraction of sp³-hybridized carbons (Fsp3) is 0.312. The lowest BCUT2D eigenvalue weighted by molar-refractivity contribution is -0.137. The lowest BCUT2D eigenvalue weighted by Crippen LogP contribution is -2.38. The minimum absolute atomic E-state index is 0.00319. The number of nitrogen functional groups attached to an aromatic ring is 1. The summed E-state index contributed by atoms with van der Waals surface area (Å²) in [5.74, 6) is -0.258. The SMILES string of the molecule is N#C/C(=C/C1CC1)C(=O)NC1CCC(n2nc(-c3ccc(NC(=O)c4ccc(C(F)(F)F)cc4)cc3)c3c(N)ncnc32)CC1. The van der Waals surface area contributed by atoms with E-state index in [0.29, 0.717) is 46.7 Å². The highest BCUT2D eigenvalue weighted by atomic mass is 19.4. The molecule has 2 aromatic heterocycles. The van der Waals surface area contributed by atoms with E-state index in [9.17, 15) is 28.0 Å². The second-order valence-electron chi connectivity index (χ2n) is 11.4. The van der Waals surface area contributed by atoms with Crippen molar-refractivity contribution in [2.75, 3.05) is 11.1 Å². The van der Waals surface area contributed by atoms with Gasteiger partial charge in [0.1, 0.15) is 29.5 Å². The van der Waals surface area contributed by atoms with Crippen molar-refractivity contribution in [3.63, 3.8) is 0 Å². The topological polar surface area (TPSA) is 152 Å². The molecule has 0 spiro atoms. The monoisotopic (exact) mass is 614 g/mol. The van der Waals surface area contributed by atoms with Gasteiger partial charge in [0.05, 0.1) is 17.0 Å². The van der Waals surface area contributed by atoms with Gasteiger partial charge in [-0.15, -0.1) is 0 Å². The van der Waals surface area contributed by atoms with Gasteiger partial charge >= 0.3 is 6.18 Å². The molecular weight excluding hydrogens is 585 g/mol. The van der Waals surface area contributed by atoms with Crippen LogP contribution >= 0.6 is 0 Å². The van der Waals surface area contributed by atoms with E-state index in [1.807, 2.05) is 10.8 Å². The molecule has 2 saturated carbocycles. The number of anilines is 2. The molecule has 0 aliphatic heterocycles. The number of benzene rings is 2. The summed E-state index contributed by atoms with van der Waals surface area (Å²) in [6.45, 7) is 0. The fourth-order valence-corrected chi connectivity index (χ4v) is 5.57. The summed E-state index contributed by atoms with van der Waals surface area (Å²) in [6.07, 6.45) is 3.59. The Hall–Kier alpha value is -5.25. The number of carbonyl (C=O) groups excluding carboxylic acids is 2. The highest BCUT2D eigenvalue weighted by molar-refractivity contribution is 6.04. The van der Waals surface area contributed by atoms with E-state index in [4.69, 9.17) is 10.8 Å². The van der Waals surface area contributed by atoms with Crippen molar-refractivity contribution < 1.29 is 22.8 Å². The second kappa shape index (κ2) is 12.0. The normalized spacial score (nSPS) is 18.8. The number of carbonyl (C=O) groups is 2. The molecule has 0 saturated heterocycles. The second-order valence-corrected chi connectivity index (χ2v) is 11.4. The van der Waals surface area contributed by atoms with Crippen molar-refractivity contribution in [3.8, 4) is 17.3 Å². The number of amides is 2. The summed E-state index contributed by atoms with van der Waals surface area (Å²) in [4.78, 5) is 33.9. The zero-order valence-corrected chi connectivity index (χ0v) is 24.0. The molecule has 45 heavy (non-hydrogen) atoms. The molecule has 10 nitrogen and oxygen atoms in total. The molecule has 0 bridgehead atoms. The number of aromatic nitrogens is 4. The Morgan fingerprint density at radius 3 is 2.29 bits per heavy atom. The van der Waals surface area contributed by atoms with Crippen molar-refractivity contribution in [1.29, 1.82) is 5.26 Å². The van der Waals surface area contributed by atoms with Gasteiger partial charge in [0.2, 0.25) is 0 Å². The van der Waals surface area contributed by atoms with E-state index in [-0.39, 0.29) is 34.9 Å². The maximum Gasteiger partial charge on any atom is 0.416 e. The van der Waals surface area contributed by atoms with Gasteiger partial charge in [0, 0.05) is 22.9 Å². The van der Waals surface area contributed by atoms with E-state index in [1.54, 1.807) is 30.3 Å². The van der Waals surface area contributed by atoms with E-state index in [0.717, 1.165) is 49.9 Å². The van der Waals surface area contributed by atoms with E-state index in [1.165, 1.54) is 6.33 Å². The van der Waals surface area contributed by atoms with Gasteiger partial charge in [-0.05, 0) is 80.8 Å². The van der Waals surface area contributed by atoms with Gasteiger partial charge in [-0.2, -0.15) is 23.5 Å². The fourth-order valence-electron chi connectivity index (χ4n) is 5.57. The standard InChI is InChI=1S/C32H29F3N8O2/c33-32(34,35)22-7-3-20(4-8-22)30(44)40-23-9-5-19(6-10-23)27-26-28(37)38-17-39-29(26)43(42-27)25-13-11-24(12-14-25)41-31(45)21(16-36)15-18-1-2-18/h3-10,15,17-18,24-25H,1-2,11-14H2,(H,40,44)(H,41,45)(H2,37,38,39)/b21-15-. The summed E-state index contributed by atoms with van der Waals surface area (Å²) < 4.78 is 40.4.